The van der Waals surface area contributed by atoms with Gasteiger partial charge in [0.15, 0.2) is 0 Å². The fourth-order valence-corrected chi connectivity index (χ4v) is 2.01. The summed E-state index contributed by atoms with van der Waals surface area (Å²) in [5, 5.41) is 15.2. The number of rotatable bonds is 7. The summed E-state index contributed by atoms with van der Waals surface area (Å²) in [6.45, 7) is 0.298. The second-order valence-corrected chi connectivity index (χ2v) is 4.77. The molecule has 2 aromatic rings. The molecule has 7 heteroatoms. The van der Waals surface area contributed by atoms with E-state index in [1.165, 1.54) is 13.4 Å². The van der Waals surface area contributed by atoms with Crippen molar-refractivity contribution in [1.29, 1.82) is 0 Å². The quantitative estimate of drug-likeness (QED) is 0.729. The van der Waals surface area contributed by atoms with Gasteiger partial charge in [-0.05, 0) is 30.7 Å². The number of methoxy groups -OCH3 is 2. The lowest BCUT2D eigenvalue weighted by atomic mass is 10.2. The minimum atomic E-state index is -0.749. The third-order valence-electron chi connectivity index (χ3n) is 3.23. The van der Waals surface area contributed by atoms with Crippen LogP contribution in [0.2, 0.25) is 0 Å². The largest absolute Gasteiger partial charge is 0.497 e. The van der Waals surface area contributed by atoms with Gasteiger partial charge >= 0.3 is 6.03 Å². The molecule has 2 rings (SSSR count). The van der Waals surface area contributed by atoms with Crippen LogP contribution in [0.5, 0.6) is 11.5 Å². The Bertz CT molecular complexity index is 627. The molecule has 0 aliphatic heterocycles. The van der Waals surface area contributed by atoms with E-state index in [9.17, 15) is 9.90 Å². The second kappa shape index (κ2) is 8.09. The number of carbonyl (C=O) groups excluding carboxylic acids is 1. The molecule has 0 spiro atoms. The molecule has 1 aromatic carbocycles. The minimum absolute atomic E-state index is 0.298. The molecule has 1 atom stereocenters. The van der Waals surface area contributed by atoms with Crippen LogP contribution in [0.25, 0.3) is 0 Å². The minimum Gasteiger partial charge on any atom is -0.497 e. The third kappa shape index (κ3) is 4.65. The molecule has 2 amide bonds. The van der Waals surface area contributed by atoms with Crippen molar-refractivity contribution in [2.75, 3.05) is 26.1 Å². The van der Waals surface area contributed by atoms with Gasteiger partial charge in [0.25, 0.3) is 0 Å². The van der Waals surface area contributed by atoms with E-state index in [0.717, 1.165) is 0 Å². The Hall–Kier alpha value is -2.67. The van der Waals surface area contributed by atoms with Crippen molar-refractivity contribution < 1.29 is 23.8 Å². The summed E-state index contributed by atoms with van der Waals surface area (Å²) in [5.74, 6) is 1.61. The highest BCUT2D eigenvalue weighted by Gasteiger charge is 2.12. The first-order chi connectivity index (χ1) is 11.1. The van der Waals surface area contributed by atoms with Gasteiger partial charge in [-0.2, -0.15) is 0 Å². The Kier molecular flexibility index (Phi) is 5.87. The van der Waals surface area contributed by atoms with Gasteiger partial charge in [0.05, 0.1) is 26.2 Å². The second-order valence-electron chi connectivity index (χ2n) is 4.77. The highest BCUT2D eigenvalue weighted by molar-refractivity contribution is 5.91. The standard InChI is InChI=1S/C16H20N2O5/c1-21-11-5-6-12(15(10-11)22-2)18-16(20)17-8-7-13(19)14-4-3-9-23-14/h3-6,9-10,13,19H,7-8H2,1-2H3,(H2,17,18,20). The van der Waals surface area contributed by atoms with E-state index in [-0.39, 0.29) is 6.03 Å². The Balaban J connectivity index is 1.83. The Morgan fingerprint density at radius 3 is 2.78 bits per heavy atom. The summed E-state index contributed by atoms with van der Waals surface area (Å²) < 4.78 is 15.4. The van der Waals surface area contributed by atoms with Crippen molar-refractivity contribution in [2.45, 2.75) is 12.5 Å². The lowest BCUT2D eigenvalue weighted by molar-refractivity contribution is 0.140. The van der Waals surface area contributed by atoms with Gasteiger partial charge in [0.2, 0.25) is 0 Å². The molecule has 1 aromatic heterocycles. The van der Waals surface area contributed by atoms with Crippen molar-refractivity contribution in [2.24, 2.45) is 0 Å². The lowest BCUT2D eigenvalue weighted by Gasteiger charge is -2.13. The maximum Gasteiger partial charge on any atom is 0.319 e. The summed E-state index contributed by atoms with van der Waals surface area (Å²) >= 11 is 0. The van der Waals surface area contributed by atoms with Gasteiger partial charge in [0.1, 0.15) is 23.4 Å². The Morgan fingerprint density at radius 2 is 2.13 bits per heavy atom. The molecule has 7 nitrogen and oxygen atoms in total. The highest BCUT2D eigenvalue weighted by Crippen LogP contribution is 2.28. The lowest BCUT2D eigenvalue weighted by Crippen LogP contribution is -2.30. The van der Waals surface area contributed by atoms with Crippen LogP contribution in [0.3, 0.4) is 0 Å². The van der Waals surface area contributed by atoms with E-state index in [0.29, 0.717) is 35.9 Å². The molecular weight excluding hydrogens is 300 g/mol. The SMILES string of the molecule is COc1ccc(NC(=O)NCCC(O)c2ccco2)c(OC)c1. The highest BCUT2D eigenvalue weighted by atomic mass is 16.5. The number of carbonyl (C=O) groups is 1. The number of hydrogen-bond acceptors (Lipinski definition) is 5. The molecule has 124 valence electrons. The fourth-order valence-electron chi connectivity index (χ4n) is 2.01. The van der Waals surface area contributed by atoms with E-state index in [4.69, 9.17) is 13.9 Å². The molecule has 1 heterocycles. The summed E-state index contributed by atoms with van der Waals surface area (Å²) in [4.78, 5) is 11.9. The van der Waals surface area contributed by atoms with E-state index in [1.807, 2.05) is 0 Å². The molecular formula is C16H20N2O5. The summed E-state index contributed by atoms with van der Waals surface area (Å²) in [6, 6.07) is 8.09. The zero-order chi connectivity index (χ0) is 16.7. The molecule has 0 aliphatic carbocycles. The van der Waals surface area contributed by atoms with Gasteiger partial charge in [-0.25, -0.2) is 4.79 Å². The number of benzene rings is 1. The summed E-state index contributed by atoms with van der Waals surface area (Å²) in [5.41, 5.74) is 0.525. The maximum absolute atomic E-state index is 11.9. The van der Waals surface area contributed by atoms with Crippen LogP contribution in [0.15, 0.2) is 41.0 Å². The van der Waals surface area contributed by atoms with Crippen LogP contribution in [-0.2, 0) is 0 Å². The maximum atomic E-state index is 11.9. The number of nitrogens with one attached hydrogen (secondary N) is 2. The zero-order valence-electron chi connectivity index (χ0n) is 13.0. The molecule has 0 saturated heterocycles. The van der Waals surface area contributed by atoms with E-state index in [1.54, 1.807) is 37.4 Å². The average Bonchev–Trinajstić information content (AvgIpc) is 3.09. The van der Waals surface area contributed by atoms with Crippen LogP contribution >= 0.6 is 0 Å². The molecule has 0 bridgehead atoms. The smallest absolute Gasteiger partial charge is 0.319 e. The number of ether oxygens (including phenoxy) is 2. The predicted octanol–water partition coefficient (Wildman–Crippen LogP) is 2.54. The van der Waals surface area contributed by atoms with E-state index < -0.39 is 6.10 Å². The monoisotopic (exact) mass is 320 g/mol. The summed E-state index contributed by atoms with van der Waals surface area (Å²) in [7, 11) is 3.07. The number of aliphatic hydroxyl groups excluding tert-OH is 1. The van der Waals surface area contributed by atoms with Crippen LogP contribution in [-0.4, -0.2) is 31.9 Å². The number of aliphatic hydroxyl groups is 1. The number of anilines is 1. The van der Waals surface area contributed by atoms with Gasteiger partial charge < -0.3 is 29.6 Å². The van der Waals surface area contributed by atoms with Crippen LogP contribution < -0.4 is 20.1 Å². The molecule has 23 heavy (non-hydrogen) atoms. The summed E-state index contributed by atoms with van der Waals surface area (Å²) in [6.07, 6.45) is 1.09. The van der Waals surface area contributed by atoms with Gasteiger partial charge in [-0.3, -0.25) is 0 Å². The number of urea groups is 1. The molecule has 0 aliphatic rings. The Morgan fingerprint density at radius 1 is 1.30 bits per heavy atom. The first-order valence-corrected chi connectivity index (χ1v) is 7.12. The molecule has 3 N–H and O–H groups in total. The molecule has 0 radical (unpaired) electrons. The van der Waals surface area contributed by atoms with Crippen molar-refractivity contribution in [3.05, 3.63) is 42.4 Å². The molecule has 0 saturated carbocycles. The van der Waals surface area contributed by atoms with Crippen molar-refractivity contribution in [3.8, 4) is 11.5 Å². The first-order valence-electron chi connectivity index (χ1n) is 7.12. The van der Waals surface area contributed by atoms with Crippen molar-refractivity contribution >= 4 is 11.7 Å². The van der Waals surface area contributed by atoms with Crippen molar-refractivity contribution in [3.63, 3.8) is 0 Å². The average molecular weight is 320 g/mol. The number of furan rings is 1. The fraction of sp³-hybridized carbons (Fsp3) is 0.312. The Labute approximate surface area is 134 Å². The topological polar surface area (TPSA) is 93.0 Å². The van der Waals surface area contributed by atoms with Crippen molar-refractivity contribution in [1.82, 2.24) is 5.32 Å². The van der Waals surface area contributed by atoms with Gasteiger partial charge in [-0.1, -0.05) is 0 Å². The molecule has 0 fully saturated rings. The zero-order valence-corrected chi connectivity index (χ0v) is 13.0. The van der Waals surface area contributed by atoms with E-state index >= 15 is 0 Å². The van der Waals surface area contributed by atoms with Gasteiger partial charge in [-0.15, -0.1) is 0 Å². The third-order valence-corrected chi connectivity index (χ3v) is 3.23. The number of hydrogen-bond donors (Lipinski definition) is 3. The van der Waals surface area contributed by atoms with Gasteiger partial charge in [0, 0.05) is 12.6 Å². The first kappa shape index (κ1) is 16.7. The molecule has 1 unspecified atom stereocenters. The van der Waals surface area contributed by atoms with Crippen LogP contribution in [0, 0.1) is 0 Å². The van der Waals surface area contributed by atoms with E-state index in [2.05, 4.69) is 10.6 Å². The number of amides is 2. The van der Waals surface area contributed by atoms with Crippen LogP contribution in [0.4, 0.5) is 10.5 Å². The normalized spacial score (nSPS) is 11.6. The van der Waals surface area contributed by atoms with Crippen LogP contribution in [0.1, 0.15) is 18.3 Å². The predicted molar refractivity (Wildman–Crippen MR) is 84.9 cm³/mol.